The van der Waals surface area contributed by atoms with Gasteiger partial charge in [0.05, 0.1) is 25.0 Å². The summed E-state index contributed by atoms with van der Waals surface area (Å²) in [6.45, 7) is 2.78. The number of nitrogens with zero attached hydrogens (tertiary/aromatic N) is 1. The molecule has 0 saturated heterocycles. The van der Waals surface area contributed by atoms with E-state index in [4.69, 9.17) is 14.3 Å². The van der Waals surface area contributed by atoms with Gasteiger partial charge in [-0.1, -0.05) is 34.4 Å². The van der Waals surface area contributed by atoms with Crippen LogP contribution in [0.25, 0.3) is 0 Å². The zero-order valence-electron chi connectivity index (χ0n) is 15.5. The summed E-state index contributed by atoms with van der Waals surface area (Å²) in [5.41, 5.74) is 3.18. The minimum atomic E-state index is -0.495. The highest BCUT2D eigenvalue weighted by Crippen LogP contribution is 2.36. The summed E-state index contributed by atoms with van der Waals surface area (Å²) < 4.78 is 12.0. The predicted molar refractivity (Wildman–Crippen MR) is 108 cm³/mol. The van der Waals surface area contributed by atoms with Crippen molar-refractivity contribution in [1.29, 1.82) is 0 Å². The van der Waals surface area contributed by atoms with Crippen molar-refractivity contribution in [3.05, 3.63) is 57.6 Å². The first-order valence-electron chi connectivity index (χ1n) is 9.00. The van der Waals surface area contributed by atoms with Crippen molar-refractivity contribution in [2.24, 2.45) is 5.16 Å². The third kappa shape index (κ3) is 4.50. The zero-order chi connectivity index (χ0) is 19.2. The molecule has 142 valence electrons. The van der Waals surface area contributed by atoms with Crippen molar-refractivity contribution in [3.8, 4) is 11.5 Å². The van der Waals surface area contributed by atoms with Gasteiger partial charge in [0.15, 0.2) is 0 Å². The molecule has 0 N–H and O–H groups in total. The number of fused-ring (bicyclic) bond motifs is 1. The molecule has 0 unspecified atom stereocenters. The summed E-state index contributed by atoms with van der Waals surface area (Å²) in [5, 5.41) is 4.11. The fraction of sp³-hybridized carbons (Fsp3) is 0.333. The average Bonchev–Trinajstić information content (AvgIpc) is 3.12. The molecule has 2 aromatic rings. The first kappa shape index (κ1) is 19.4. The van der Waals surface area contributed by atoms with Gasteiger partial charge in [0.25, 0.3) is 0 Å². The molecule has 0 spiro atoms. The van der Waals surface area contributed by atoms with Crippen LogP contribution in [0.2, 0.25) is 0 Å². The topological polar surface area (TPSA) is 57.1 Å². The molecule has 27 heavy (non-hydrogen) atoms. The second-order valence-corrected chi connectivity index (χ2v) is 7.10. The summed E-state index contributed by atoms with van der Waals surface area (Å²) in [6, 6.07) is 10.7. The third-order valence-electron chi connectivity index (χ3n) is 4.43. The van der Waals surface area contributed by atoms with E-state index in [1.165, 1.54) is 0 Å². The van der Waals surface area contributed by atoms with Gasteiger partial charge in [-0.05, 0) is 61.2 Å². The van der Waals surface area contributed by atoms with Crippen molar-refractivity contribution >= 4 is 27.6 Å². The number of ether oxygens (including phenoxy) is 2. The fourth-order valence-corrected chi connectivity index (χ4v) is 3.49. The first-order valence-corrected chi connectivity index (χ1v) is 9.80. The van der Waals surface area contributed by atoms with Crippen LogP contribution in [-0.4, -0.2) is 25.4 Å². The maximum atomic E-state index is 12.3. The average molecular weight is 432 g/mol. The molecular weight excluding hydrogens is 410 g/mol. The van der Waals surface area contributed by atoms with Crippen molar-refractivity contribution < 1.29 is 19.1 Å². The highest BCUT2D eigenvalue weighted by Gasteiger charge is 2.25. The molecule has 1 aliphatic carbocycles. The molecule has 6 heteroatoms. The predicted octanol–water partition coefficient (Wildman–Crippen LogP) is 5.14. The molecule has 0 bridgehead atoms. The minimum absolute atomic E-state index is 0.432. The van der Waals surface area contributed by atoms with Crippen LogP contribution in [0.15, 0.2) is 46.0 Å². The van der Waals surface area contributed by atoms with Gasteiger partial charge in [-0.25, -0.2) is 4.79 Å². The Hall–Kier alpha value is -2.34. The van der Waals surface area contributed by atoms with Crippen molar-refractivity contribution in [2.75, 3.05) is 13.7 Å². The van der Waals surface area contributed by atoms with E-state index in [1.54, 1.807) is 31.4 Å². The summed E-state index contributed by atoms with van der Waals surface area (Å²) in [7, 11) is 1.62. The van der Waals surface area contributed by atoms with Gasteiger partial charge in [0.1, 0.15) is 11.5 Å². The van der Waals surface area contributed by atoms with Crippen molar-refractivity contribution in [3.63, 3.8) is 0 Å². The Morgan fingerprint density at radius 3 is 2.63 bits per heavy atom. The highest BCUT2D eigenvalue weighted by atomic mass is 79.9. The molecule has 0 saturated carbocycles. The quantitative estimate of drug-likeness (QED) is 0.345. The molecular formula is C21H22BrNO4. The molecule has 5 nitrogen and oxygen atoms in total. The lowest BCUT2D eigenvalue weighted by Crippen LogP contribution is -2.05. The second-order valence-electron chi connectivity index (χ2n) is 6.25. The molecule has 2 aromatic carbocycles. The lowest BCUT2D eigenvalue weighted by atomic mass is 10.1. The van der Waals surface area contributed by atoms with Gasteiger partial charge >= 0.3 is 5.97 Å². The number of carbonyl (C=O) groups excluding carboxylic acids is 1. The maximum absolute atomic E-state index is 12.3. The lowest BCUT2D eigenvalue weighted by molar-refractivity contribution is 0.0516. The Labute approximate surface area is 167 Å². The van der Waals surface area contributed by atoms with Crippen LogP contribution in [0.4, 0.5) is 0 Å². The van der Waals surface area contributed by atoms with Gasteiger partial charge in [-0.3, -0.25) is 0 Å². The number of oxime groups is 1. The molecule has 0 amide bonds. The van der Waals surface area contributed by atoms with Crippen molar-refractivity contribution in [2.45, 2.75) is 32.6 Å². The first-order chi connectivity index (χ1) is 13.1. The van der Waals surface area contributed by atoms with Crippen LogP contribution in [-0.2, 0) is 11.3 Å². The largest absolute Gasteiger partial charge is 0.496 e. The van der Waals surface area contributed by atoms with Crippen LogP contribution < -0.4 is 9.47 Å². The van der Waals surface area contributed by atoms with Gasteiger partial charge in [-0.15, -0.1) is 0 Å². The molecule has 1 aliphatic rings. The maximum Gasteiger partial charge on any atom is 0.365 e. The molecule has 0 fully saturated rings. The number of halogens is 1. The number of methoxy groups -OCH3 is 1. The monoisotopic (exact) mass is 431 g/mol. The Kier molecular flexibility index (Phi) is 6.50. The van der Waals surface area contributed by atoms with E-state index < -0.39 is 5.97 Å². The molecule has 0 aromatic heterocycles. The van der Waals surface area contributed by atoms with Crippen LogP contribution in [0, 0.1) is 0 Å². The van der Waals surface area contributed by atoms with E-state index >= 15 is 0 Å². The molecule has 0 atom stereocenters. The van der Waals surface area contributed by atoms with Crippen LogP contribution in [0.5, 0.6) is 11.5 Å². The summed E-state index contributed by atoms with van der Waals surface area (Å²) in [5.74, 6) is 0.977. The van der Waals surface area contributed by atoms with Gasteiger partial charge < -0.3 is 14.3 Å². The molecule has 0 aliphatic heterocycles. The Balaban J connectivity index is 1.69. The summed E-state index contributed by atoms with van der Waals surface area (Å²) >= 11 is 3.55. The van der Waals surface area contributed by atoms with Gasteiger partial charge in [0.2, 0.25) is 0 Å². The SMILES string of the molecule is CCCCOc1ccc(C(=O)O/N=C2\CCc3c(Br)ccc(OC)c32)cc1. The van der Waals surface area contributed by atoms with Crippen LogP contribution >= 0.6 is 15.9 Å². The second kappa shape index (κ2) is 9.04. The molecule has 0 heterocycles. The van der Waals surface area contributed by atoms with E-state index in [1.807, 2.05) is 12.1 Å². The number of unbranched alkanes of at least 4 members (excludes halogenated alkanes) is 1. The van der Waals surface area contributed by atoms with Crippen molar-refractivity contribution in [1.82, 2.24) is 0 Å². The van der Waals surface area contributed by atoms with E-state index in [2.05, 4.69) is 28.0 Å². The highest BCUT2D eigenvalue weighted by molar-refractivity contribution is 9.10. The Morgan fingerprint density at radius 2 is 1.93 bits per heavy atom. The smallest absolute Gasteiger partial charge is 0.365 e. The molecule has 3 rings (SSSR count). The normalized spacial score (nSPS) is 14.1. The standard InChI is InChI=1S/C21H22BrNO4/c1-3-4-13-26-15-7-5-14(6-8-15)21(24)27-23-18-11-9-16-17(22)10-12-19(25-2)20(16)18/h5-8,10,12H,3-4,9,11,13H2,1-2H3/b23-18+. The summed E-state index contributed by atoms with van der Waals surface area (Å²) in [6.07, 6.45) is 3.61. The van der Waals surface area contributed by atoms with E-state index in [9.17, 15) is 4.79 Å². The lowest BCUT2D eigenvalue weighted by Gasteiger charge is -2.09. The zero-order valence-corrected chi connectivity index (χ0v) is 17.0. The number of rotatable bonds is 7. The van der Waals surface area contributed by atoms with E-state index in [-0.39, 0.29) is 0 Å². The number of carbonyl (C=O) groups is 1. The summed E-state index contributed by atoms with van der Waals surface area (Å²) in [4.78, 5) is 17.5. The van der Waals surface area contributed by atoms with Gasteiger partial charge in [0, 0.05) is 10.0 Å². The van der Waals surface area contributed by atoms with Gasteiger partial charge in [-0.2, -0.15) is 0 Å². The van der Waals surface area contributed by atoms with Crippen LogP contribution in [0.1, 0.15) is 47.7 Å². The number of hydrogen-bond acceptors (Lipinski definition) is 5. The molecule has 0 radical (unpaired) electrons. The third-order valence-corrected chi connectivity index (χ3v) is 5.18. The fourth-order valence-electron chi connectivity index (χ4n) is 2.96. The Bertz CT molecular complexity index is 846. The van der Waals surface area contributed by atoms with E-state index in [0.29, 0.717) is 18.6 Å². The number of hydrogen-bond donors (Lipinski definition) is 0. The number of benzene rings is 2. The van der Waals surface area contributed by atoms with E-state index in [0.717, 1.165) is 52.1 Å². The minimum Gasteiger partial charge on any atom is -0.496 e. The van der Waals surface area contributed by atoms with Crippen LogP contribution in [0.3, 0.4) is 0 Å². The Morgan fingerprint density at radius 1 is 1.15 bits per heavy atom.